The predicted octanol–water partition coefficient (Wildman–Crippen LogP) is 4.40. The number of nitrogens with one attached hydrogen (secondary N) is 1. The molecule has 1 aromatic carbocycles. The van der Waals surface area contributed by atoms with Crippen LogP contribution in [0.25, 0.3) is 33.3 Å². The van der Waals surface area contributed by atoms with Crippen molar-refractivity contribution < 1.29 is 18.7 Å². The lowest BCUT2D eigenvalue weighted by Crippen LogP contribution is -2.38. The highest BCUT2D eigenvalue weighted by molar-refractivity contribution is 6.39. The van der Waals surface area contributed by atoms with E-state index in [0.29, 0.717) is 40.7 Å². The zero-order valence-electron chi connectivity index (χ0n) is 17.9. The lowest BCUT2D eigenvalue weighted by atomic mass is 10.0. The molecule has 4 N–H and O–H groups in total. The summed E-state index contributed by atoms with van der Waals surface area (Å²) in [5.41, 5.74) is 7.95. The van der Waals surface area contributed by atoms with Gasteiger partial charge in [-0.25, -0.2) is 18.7 Å². The number of nitrogen functional groups attached to an aromatic ring is 1. The van der Waals surface area contributed by atoms with Gasteiger partial charge in [-0.05, 0) is 37.1 Å². The molecule has 1 fully saturated rings. The van der Waals surface area contributed by atoms with Crippen LogP contribution in [-0.4, -0.2) is 50.1 Å². The summed E-state index contributed by atoms with van der Waals surface area (Å²) in [4.78, 5) is 26.2. The fourth-order valence-electron chi connectivity index (χ4n) is 4.42. The van der Waals surface area contributed by atoms with Gasteiger partial charge in [-0.3, -0.25) is 4.79 Å². The number of likely N-dealkylation sites (tertiary alicyclic amines) is 1. The highest BCUT2D eigenvalue weighted by Gasteiger charge is 2.30. The second-order valence-corrected chi connectivity index (χ2v) is 8.55. The number of amides is 1. The Morgan fingerprint density at radius 1 is 1.21 bits per heavy atom. The molecule has 174 valence electrons. The van der Waals surface area contributed by atoms with E-state index in [4.69, 9.17) is 17.3 Å². The number of aromatic nitrogens is 3. The molecule has 5 rings (SSSR count). The summed E-state index contributed by atoms with van der Waals surface area (Å²) in [5, 5.41) is 10.2. The summed E-state index contributed by atoms with van der Waals surface area (Å²) in [6.07, 6.45) is 6.02. The number of fused-ring (bicyclic) bond motifs is 1. The Morgan fingerprint density at radius 2 is 2.03 bits per heavy atom. The Kier molecular flexibility index (Phi) is 5.66. The third kappa shape index (κ3) is 3.66. The molecule has 0 bridgehead atoms. The topological polar surface area (TPSA) is 108 Å². The van der Waals surface area contributed by atoms with Crippen LogP contribution in [-0.2, 0) is 0 Å². The Morgan fingerprint density at radius 3 is 2.82 bits per heavy atom. The number of aromatic amines is 1. The van der Waals surface area contributed by atoms with E-state index >= 15 is 0 Å². The lowest BCUT2D eigenvalue weighted by molar-refractivity contribution is 0.0678. The van der Waals surface area contributed by atoms with E-state index in [9.17, 15) is 18.7 Å². The van der Waals surface area contributed by atoms with Crippen molar-refractivity contribution in [3.05, 3.63) is 65.1 Å². The largest absolute Gasteiger partial charge is 0.394 e. The molecule has 7 nitrogen and oxygen atoms in total. The third-order valence-electron chi connectivity index (χ3n) is 6.17. The number of hydrogen-bond acceptors (Lipinski definition) is 5. The molecule has 34 heavy (non-hydrogen) atoms. The van der Waals surface area contributed by atoms with Crippen molar-refractivity contribution in [3.63, 3.8) is 0 Å². The standard InChI is InChI=1S/C24H20ClF2N5O2/c25-21-17(9-30-23-20(21)18(10-31-23)15-7-13(26)3-4-19(15)27)12-6-16(22(28)29-8-12)24(34)32-5-1-2-14(32)11-33/h3-4,6-10,14,33H,1-2,5,11H2,(H2,28,29)(H,30,31). The average molecular weight is 484 g/mol. The summed E-state index contributed by atoms with van der Waals surface area (Å²) in [5.74, 6) is -1.45. The van der Waals surface area contributed by atoms with Crippen molar-refractivity contribution in [1.29, 1.82) is 0 Å². The number of carbonyl (C=O) groups excluding carboxylic acids is 1. The molecule has 1 saturated heterocycles. The van der Waals surface area contributed by atoms with Crippen LogP contribution in [0.15, 0.2) is 42.9 Å². The van der Waals surface area contributed by atoms with Gasteiger partial charge in [0.2, 0.25) is 0 Å². The van der Waals surface area contributed by atoms with Gasteiger partial charge in [0.15, 0.2) is 0 Å². The van der Waals surface area contributed by atoms with Crippen molar-refractivity contribution in [1.82, 2.24) is 19.9 Å². The van der Waals surface area contributed by atoms with Crippen LogP contribution in [0, 0.1) is 11.6 Å². The van der Waals surface area contributed by atoms with Crippen molar-refractivity contribution in [2.75, 3.05) is 18.9 Å². The molecule has 10 heteroatoms. The van der Waals surface area contributed by atoms with E-state index in [1.165, 1.54) is 18.6 Å². The number of carbonyl (C=O) groups is 1. The Balaban J connectivity index is 1.62. The second-order valence-electron chi connectivity index (χ2n) is 8.17. The maximum Gasteiger partial charge on any atom is 0.257 e. The van der Waals surface area contributed by atoms with Crippen LogP contribution in [0.3, 0.4) is 0 Å². The SMILES string of the molecule is Nc1ncc(-c2cnc3[nH]cc(-c4cc(F)ccc4F)c3c2Cl)cc1C(=O)N1CCCC1CO. The minimum Gasteiger partial charge on any atom is -0.394 e. The summed E-state index contributed by atoms with van der Waals surface area (Å²) < 4.78 is 28.3. The van der Waals surface area contributed by atoms with Crippen LogP contribution in [0.1, 0.15) is 23.2 Å². The fourth-order valence-corrected chi connectivity index (χ4v) is 4.77. The predicted molar refractivity (Wildman–Crippen MR) is 125 cm³/mol. The summed E-state index contributed by atoms with van der Waals surface area (Å²) in [7, 11) is 0. The van der Waals surface area contributed by atoms with Crippen LogP contribution in [0.4, 0.5) is 14.6 Å². The van der Waals surface area contributed by atoms with Crippen LogP contribution in [0.2, 0.25) is 5.02 Å². The Labute approximate surface area is 198 Å². The normalized spacial score (nSPS) is 15.9. The van der Waals surface area contributed by atoms with Gasteiger partial charge in [-0.15, -0.1) is 0 Å². The van der Waals surface area contributed by atoms with E-state index in [1.54, 1.807) is 11.0 Å². The number of hydrogen-bond donors (Lipinski definition) is 3. The molecule has 0 aliphatic carbocycles. The first-order valence-electron chi connectivity index (χ1n) is 10.7. The number of aliphatic hydroxyl groups excluding tert-OH is 1. The highest BCUT2D eigenvalue weighted by atomic mass is 35.5. The van der Waals surface area contributed by atoms with Gasteiger partial charge >= 0.3 is 0 Å². The number of nitrogens with zero attached hydrogens (tertiary/aromatic N) is 3. The fraction of sp³-hybridized carbons (Fsp3) is 0.208. The van der Waals surface area contributed by atoms with Crippen LogP contribution >= 0.6 is 11.6 Å². The van der Waals surface area contributed by atoms with Gasteiger partial charge in [0.05, 0.1) is 23.2 Å². The first-order chi connectivity index (χ1) is 16.4. The number of halogens is 3. The van der Waals surface area contributed by atoms with Crippen LogP contribution in [0.5, 0.6) is 0 Å². The molecular weight excluding hydrogens is 464 g/mol. The minimum atomic E-state index is -0.602. The summed E-state index contributed by atoms with van der Waals surface area (Å²) in [6.45, 7) is 0.395. The molecule has 4 heterocycles. The average Bonchev–Trinajstić information content (AvgIpc) is 3.48. The van der Waals surface area contributed by atoms with Gasteiger partial charge in [0.1, 0.15) is 23.1 Å². The van der Waals surface area contributed by atoms with Gasteiger partial charge < -0.3 is 20.7 Å². The minimum absolute atomic E-state index is 0.0440. The number of benzene rings is 1. The van der Waals surface area contributed by atoms with E-state index < -0.39 is 11.6 Å². The zero-order valence-corrected chi connectivity index (χ0v) is 18.6. The molecular formula is C24H20ClF2N5O2. The van der Waals surface area contributed by atoms with E-state index in [1.807, 2.05) is 0 Å². The first kappa shape index (κ1) is 22.2. The Hall–Kier alpha value is -3.56. The third-order valence-corrected chi connectivity index (χ3v) is 6.56. The molecule has 0 spiro atoms. The van der Waals surface area contributed by atoms with Crippen LogP contribution < -0.4 is 5.73 Å². The number of pyridine rings is 2. The van der Waals surface area contributed by atoms with Crippen molar-refractivity contribution in [2.24, 2.45) is 0 Å². The Bertz CT molecular complexity index is 1420. The van der Waals surface area contributed by atoms with Crippen molar-refractivity contribution >= 4 is 34.4 Å². The number of anilines is 1. The van der Waals surface area contributed by atoms with Gasteiger partial charge in [-0.1, -0.05) is 11.6 Å². The highest BCUT2D eigenvalue weighted by Crippen LogP contribution is 2.40. The molecule has 1 aliphatic rings. The van der Waals surface area contributed by atoms with E-state index in [-0.39, 0.29) is 40.5 Å². The molecule has 4 aromatic rings. The van der Waals surface area contributed by atoms with Gasteiger partial charge in [0, 0.05) is 52.8 Å². The quantitative estimate of drug-likeness (QED) is 0.398. The second kappa shape index (κ2) is 8.66. The molecule has 1 unspecified atom stereocenters. The van der Waals surface area contributed by atoms with Gasteiger partial charge in [-0.2, -0.15) is 0 Å². The van der Waals surface area contributed by atoms with E-state index in [0.717, 1.165) is 24.6 Å². The monoisotopic (exact) mass is 483 g/mol. The lowest BCUT2D eigenvalue weighted by Gasteiger charge is -2.23. The maximum absolute atomic E-state index is 14.5. The molecule has 3 aromatic heterocycles. The molecule has 1 aliphatic heterocycles. The van der Waals surface area contributed by atoms with Crippen molar-refractivity contribution in [2.45, 2.75) is 18.9 Å². The van der Waals surface area contributed by atoms with Gasteiger partial charge in [0.25, 0.3) is 5.91 Å². The van der Waals surface area contributed by atoms with Crippen molar-refractivity contribution in [3.8, 4) is 22.3 Å². The maximum atomic E-state index is 14.5. The zero-order chi connectivity index (χ0) is 24.0. The van der Waals surface area contributed by atoms with E-state index in [2.05, 4.69) is 15.0 Å². The smallest absolute Gasteiger partial charge is 0.257 e. The molecule has 1 amide bonds. The molecule has 0 radical (unpaired) electrons. The number of H-pyrrole nitrogens is 1. The molecule has 0 saturated carbocycles. The first-order valence-corrected chi connectivity index (χ1v) is 11.1. The number of rotatable bonds is 4. The number of aliphatic hydroxyl groups is 1. The summed E-state index contributed by atoms with van der Waals surface area (Å²) >= 11 is 6.75. The number of nitrogens with two attached hydrogens (primary N) is 1. The molecule has 1 atom stereocenters. The summed E-state index contributed by atoms with van der Waals surface area (Å²) in [6, 6.07) is 4.51.